The SMILES string of the molecule is Cc1ccc2cc(C(=O)N3CCCN(Cc4ccc(F)cc4)CC3)c(C)nc2c1. The first-order valence-corrected chi connectivity index (χ1v) is 10.1. The van der Waals surface area contributed by atoms with Crippen LogP contribution >= 0.6 is 0 Å². The fourth-order valence-electron chi connectivity index (χ4n) is 3.94. The largest absolute Gasteiger partial charge is 0.337 e. The molecular weight excluding hydrogens is 365 g/mol. The van der Waals surface area contributed by atoms with Gasteiger partial charge in [0.1, 0.15) is 5.82 Å². The van der Waals surface area contributed by atoms with Crippen LogP contribution in [0, 0.1) is 19.7 Å². The number of carbonyl (C=O) groups is 1. The summed E-state index contributed by atoms with van der Waals surface area (Å²) in [6.07, 6.45) is 0.923. The molecule has 4 nitrogen and oxygen atoms in total. The summed E-state index contributed by atoms with van der Waals surface area (Å²) in [5, 5.41) is 0.998. The number of amides is 1. The Morgan fingerprint density at radius 3 is 2.59 bits per heavy atom. The Labute approximate surface area is 171 Å². The van der Waals surface area contributed by atoms with Crippen LogP contribution in [0.1, 0.15) is 33.6 Å². The quantitative estimate of drug-likeness (QED) is 0.666. The van der Waals surface area contributed by atoms with Crippen molar-refractivity contribution in [2.45, 2.75) is 26.8 Å². The summed E-state index contributed by atoms with van der Waals surface area (Å²) in [4.78, 5) is 22.1. The average Bonchev–Trinajstić information content (AvgIpc) is 2.94. The number of nitrogens with zero attached hydrogens (tertiary/aromatic N) is 3. The number of pyridine rings is 1. The van der Waals surface area contributed by atoms with Crippen LogP contribution < -0.4 is 0 Å². The minimum Gasteiger partial charge on any atom is -0.337 e. The number of aryl methyl sites for hydroxylation is 2. The van der Waals surface area contributed by atoms with E-state index in [1.807, 2.05) is 49.1 Å². The van der Waals surface area contributed by atoms with Crippen molar-refractivity contribution < 1.29 is 9.18 Å². The van der Waals surface area contributed by atoms with E-state index in [1.165, 1.54) is 12.1 Å². The molecule has 1 aliphatic rings. The molecule has 1 saturated heterocycles. The Morgan fingerprint density at radius 2 is 1.79 bits per heavy atom. The van der Waals surface area contributed by atoms with Crippen molar-refractivity contribution in [3.8, 4) is 0 Å². The smallest absolute Gasteiger partial charge is 0.255 e. The number of aromatic nitrogens is 1. The highest BCUT2D eigenvalue weighted by Gasteiger charge is 2.22. The molecule has 0 saturated carbocycles. The Balaban J connectivity index is 1.47. The Hall–Kier alpha value is -2.79. The summed E-state index contributed by atoms with van der Waals surface area (Å²) in [5.41, 5.74) is 4.66. The monoisotopic (exact) mass is 391 g/mol. The van der Waals surface area contributed by atoms with Gasteiger partial charge in [-0.1, -0.05) is 24.3 Å². The first kappa shape index (κ1) is 19.5. The third kappa shape index (κ3) is 4.46. The van der Waals surface area contributed by atoms with E-state index in [9.17, 15) is 9.18 Å². The van der Waals surface area contributed by atoms with Crippen molar-refractivity contribution in [2.75, 3.05) is 26.2 Å². The number of carbonyl (C=O) groups excluding carboxylic acids is 1. The van der Waals surface area contributed by atoms with E-state index in [-0.39, 0.29) is 11.7 Å². The van der Waals surface area contributed by atoms with Crippen LogP contribution in [0.4, 0.5) is 4.39 Å². The fraction of sp³-hybridized carbons (Fsp3) is 0.333. The normalized spacial score (nSPS) is 15.5. The lowest BCUT2D eigenvalue weighted by Crippen LogP contribution is -2.35. The van der Waals surface area contributed by atoms with Crippen molar-refractivity contribution in [3.63, 3.8) is 0 Å². The molecule has 0 unspecified atom stereocenters. The van der Waals surface area contributed by atoms with E-state index in [1.54, 1.807) is 0 Å². The lowest BCUT2D eigenvalue weighted by atomic mass is 10.1. The molecule has 1 amide bonds. The topological polar surface area (TPSA) is 36.4 Å². The van der Waals surface area contributed by atoms with Crippen molar-refractivity contribution in [1.29, 1.82) is 0 Å². The Bertz CT molecular complexity index is 1030. The molecule has 1 aromatic heterocycles. The van der Waals surface area contributed by atoms with Gasteiger partial charge in [0.15, 0.2) is 0 Å². The second-order valence-electron chi connectivity index (χ2n) is 7.87. The number of hydrogen-bond donors (Lipinski definition) is 0. The molecule has 0 radical (unpaired) electrons. The lowest BCUT2D eigenvalue weighted by Gasteiger charge is -2.23. The lowest BCUT2D eigenvalue weighted by molar-refractivity contribution is 0.0760. The predicted octanol–water partition coefficient (Wildman–Crippen LogP) is 4.34. The molecule has 3 aromatic rings. The van der Waals surface area contributed by atoms with Crippen molar-refractivity contribution in [1.82, 2.24) is 14.8 Å². The molecule has 1 fully saturated rings. The van der Waals surface area contributed by atoms with E-state index in [2.05, 4.69) is 16.0 Å². The summed E-state index contributed by atoms with van der Waals surface area (Å²) < 4.78 is 13.1. The maximum Gasteiger partial charge on any atom is 0.255 e. The van der Waals surface area contributed by atoms with Crippen molar-refractivity contribution >= 4 is 16.8 Å². The predicted molar refractivity (Wildman–Crippen MR) is 113 cm³/mol. The van der Waals surface area contributed by atoms with Gasteiger partial charge in [0, 0.05) is 38.1 Å². The van der Waals surface area contributed by atoms with E-state index in [4.69, 9.17) is 0 Å². The van der Waals surface area contributed by atoms with E-state index >= 15 is 0 Å². The third-order valence-electron chi connectivity index (χ3n) is 5.59. The molecule has 4 rings (SSSR count). The zero-order chi connectivity index (χ0) is 20.4. The van der Waals surface area contributed by atoms with Gasteiger partial charge in [0.2, 0.25) is 0 Å². The fourth-order valence-corrected chi connectivity index (χ4v) is 3.94. The van der Waals surface area contributed by atoms with Crippen LogP contribution in [0.3, 0.4) is 0 Å². The van der Waals surface area contributed by atoms with Gasteiger partial charge in [-0.15, -0.1) is 0 Å². The van der Waals surface area contributed by atoms with Crippen LogP contribution in [0.2, 0.25) is 0 Å². The van der Waals surface area contributed by atoms with E-state index < -0.39 is 0 Å². The highest BCUT2D eigenvalue weighted by atomic mass is 19.1. The molecule has 0 atom stereocenters. The zero-order valence-electron chi connectivity index (χ0n) is 17.0. The van der Waals surface area contributed by atoms with Crippen molar-refractivity contribution in [3.05, 3.63) is 76.7 Å². The molecule has 2 heterocycles. The van der Waals surface area contributed by atoms with Crippen LogP contribution in [-0.2, 0) is 6.54 Å². The highest BCUT2D eigenvalue weighted by molar-refractivity contribution is 5.98. The van der Waals surface area contributed by atoms with Crippen LogP contribution in [0.5, 0.6) is 0 Å². The van der Waals surface area contributed by atoms with Crippen LogP contribution in [0.15, 0.2) is 48.5 Å². The van der Waals surface area contributed by atoms with E-state index in [0.29, 0.717) is 12.1 Å². The summed E-state index contributed by atoms with van der Waals surface area (Å²) in [6, 6.07) is 14.8. The first-order chi connectivity index (χ1) is 14.0. The Morgan fingerprint density at radius 1 is 1.00 bits per heavy atom. The molecule has 0 spiro atoms. The summed E-state index contributed by atoms with van der Waals surface area (Å²) in [7, 11) is 0. The molecule has 1 aliphatic heterocycles. The first-order valence-electron chi connectivity index (χ1n) is 10.1. The molecule has 2 aromatic carbocycles. The maximum absolute atomic E-state index is 13.2. The van der Waals surface area contributed by atoms with Gasteiger partial charge in [-0.25, -0.2) is 4.39 Å². The number of halogens is 1. The van der Waals surface area contributed by atoms with Gasteiger partial charge in [-0.05, 0) is 55.7 Å². The molecule has 0 N–H and O–H groups in total. The molecule has 0 bridgehead atoms. The molecule has 150 valence electrons. The second-order valence-corrected chi connectivity index (χ2v) is 7.87. The highest BCUT2D eigenvalue weighted by Crippen LogP contribution is 2.20. The minimum atomic E-state index is -0.212. The summed E-state index contributed by atoms with van der Waals surface area (Å²) >= 11 is 0. The van der Waals surface area contributed by atoms with Gasteiger partial charge >= 0.3 is 0 Å². The van der Waals surface area contributed by atoms with Gasteiger partial charge in [-0.3, -0.25) is 14.7 Å². The van der Waals surface area contributed by atoms with Crippen LogP contribution in [0.25, 0.3) is 10.9 Å². The molecular formula is C24H26FN3O. The number of benzene rings is 2. The standard InChI is InChI=1S/C24H26FN3O/c1-17-4-7-20-15-22(18(2)26-23(20)14-17)24(29)28-11-3-10-27(12-13-28)16-19-5-8-21(25)9-6-19/h4-9,14-15H,3,10-13,16H2,1-2H3. The Kier molecular flexibility index (Phi) is 5.58. The number of hydrogen-bond acceptors (Lipinski definition) is 3. The third-order valence-corrected chi connectivity index (χ3v) is 5.59. The molecule has 5 heteroatoms. The van der Waals surface area contributed by atoms with E-state index in [0.717, 1.165) is 60.3 Å². The van der Waals surface area contributed by atoms with Crippen molar-refractivity contribution in [2.24, 2.45) is 0 Å². The summed E-state index contributed by atoms with van der Waals surface area (Å²) in [5.74, 6) is -0.156. The molecule has 0 aliphatic carbocycles. The molecule has 29 heavy (non-hydrogen) atoms. The van der Waals surface area contributed by atoms with Gasteiger partial charge < -0.3 is 4.90 Å². The minimum absolute atomic E-state index is 0.0566. The van der Waals surface area contributed by atoms with Gasteiger partial charge in [0.25, 0.3) is 5.91 Å². The number of fused-ring (bicyclic) bond motifs is 1. The van der Waals surface area contributed by atoms with Crippen LogP contribution in [-0.4, -0.2) is 46.9 Å². The second kappa shape index (κ2) is 8.29. The van der Waals surface area contributed by atoms with Gasteiger partial charge in [0.05, 0.1) is 16.8 Å². The number of rotatable bonds is 3. The maximum atomic E-state index is 13.2. The van der Waals surface area contributed by atoms with Gasteiger partial charge in [-0.2, -0.15) is 0 Å². The average molecular weight is 391 g/mol. The zero-order valence-corrected chi connectivity index (χ0v) is 17.0. The summed E-state index contributed by atoms with van der Waals surface area (Å²) in [6.45, 7) is 7.89.